The lowest BCUT2D eigenvalue weighted by Crippen LogP contribution is -2.38. The van der Waals surface area contributed by atoms with Crippen molar-refractivity contribution in [2.45, 2.75) is 30.6 Å². The minimum Gasteiger partial charge on any atom is -0.325 e. The molecule has 0 heterocycles. The van der Waals surface area contributed by atoms with Gasteiger partial charge in [-0.15, -0.1) is 0 Å². The van der Waals surface area contributed by atoms with E-state index >= 15 is 0 Å². The molecule has 0 spiro atoms. The van der Waals surface area contributed by atoms with Gasteiger partial charge in [-0.3, -0.25) is 13.8 Å². The predicted molar refractivity (Wildman–Crippen MR) is 154 cm³/mol. The standard InChI is InChI=1S/C29H28FN3O5S2/c1-20-5-14-27(15-6-20)40(37,38)33(28-18-21(2)4-7-22(28)3)19-29(34)31-24-12-16-26(17-13-24)39(35,36)32-25-10-8-23(30)9-11-25/h4-18,32H,19H2,1-3H3,(H,31,34). The minimum absolute atomic E-state index is 0.0509. The Morgan fingerprint density at radius 2 is 1.27 bits per heavy atom. The van der Waals surface area contributed by atoms with Crippen molar-refractivity contribution in [1.82, 2.24) is 0 Å². The molecule has 0 saturated heterocycles. The molecular weight excluding hydrogens is 553 g/mol. The third kappa shape index (κ3) is 6.67. The second kappa shape index (κ2) is 11.5. The topological polar surface area (TPSA) is 113 Å². The van der Waals surface area contributed by atoms with E-state index in [1.54, 1.807) is 31.2 Å². The molecule has 0 saturated carbocycles. The molecule has 0 aromatic heterocycles. The fourth-order valence-electron chi connectivity index (χ4n) is 3.91. The first-order valence-electron chi connectivity index (χ1n) is 12.2. The summed E-state index contributed by atoms with van der Waals surface area (Å²) in [4.78, 5) is 13.1. The van der Waals surface area contributed by atoms with Crippen LogP contribution in [0.2, 0.25) is 0 Å². The Kier molecular flexibility index (Phi) is 8.26. The van der Waals surface area contributed by atoms with Crippen LogP contribution >= 0.6 is 0 Å². The zero-order chi connectivity index (χ0) is 29.1. The zero-order valence-electron chi connectivity index (χ0n) is 22.1. The van der Waals surface area contributed by atoms with Crippen molar-refractivity contribution in [2.75, 3.05) is 20.9 Å². The van der Waals surface area contributed by atoms with Gasteiger partial charge in [0, 0.05) is 11.4 Å². The summed E-state index contributed by atoms with van der Waals surface area (Å²) in [6.45, 7) is 4.94. The highest BCUT2D eigenvalue weighted by Gasteiger charge is 2.28. The maximum atomic E-state index is 13.7. The minimum atomic E-state index is -4.09. The Balaban J connectivity index is 1.55. The number of carbonyl (C=O) groups is 1. The number of amides is 1. The number of rotatable bonds is 9. The van der Waals surface area contributed by atoms with E-state index in [1.807, 2.05) is 19.9 Å². The number of hydrogen-bond donors (Lipinski definition) is 2. The first kappa shape index (κ1) is 28.8. The van der Waals surface area contributed by atoms with Gasteiger partial charge < -0.3 is 5.32 Å². The number of carbonyl (C=O) groups excluding carboxylic acids is 1. The van der Waals surface area contributed by atoms with Gasteiger partial charge >= 0.3 is 0 Å². The number of sulfonamides is 2. The largest absolute Gasteiger partial charge is 0.325 e. The molecule has 0 radical (unpaired) electrons. The van der Waals surface area contributed by atoms with E-state index in [9.17, 15) is 26.0 Å². The number of nitrogens with zero attached hydrogens (tertiary/aromatic N) is 1. The van der Waals surface area contributed by atoms with Crippen LogP contribution in [0.4, 0.5) is 21.5 Å². The van der Waals surface area contributed by atoms with E-state index in [1.165, 1.54) is 48.5 Å². The monoisotopic (exact) mass is 581 g/mol. The van der Waals surface area contributed by atoms with Crippen molar-refractivity contribution in [3.63, 3.8) is 0 Å². The van der Waals surface area contributed by atoms with E-state index in [2.05, 4.69) is 10.0 Å². The van der Waals surface area contributed by atoms with Gasteiger partial charge in [0.2, 0.25) is 5.91 Å². The number of hydrogen-bond acceptors (Lipinski definition) is 5. The second-order valence-electron chi connectivity index (χ2n) is 9.30. The van der Waals surface area contributed by atoms with E-state index in [0.29, 0.717) is 11.3 Å². The molecule has 0 bridgehead atoms. The molecule has 4 rings (SSSR count). The van der Waals surface area contributed by atoms with Crippen molar-refractivity contribution in [3.8, 4) is 0 Å². The highest BCUT2D eigenvalue weighted by molar-refractivity contribution is 7.93. The second-order valence-corrected chi connectivity index (χ2v) is 12.8. The van der Waals surface area contributed by atoms with Crippen LogP contribution in [-0.2, 0) is 24.8 Å². The normalized spacial score (nSPS) is 11.6. The number of aryl methyl sites for hydroxylation is 3. The Morgan fingerprint density at radius 3 is 1.90 bits per heavy atom. The molecule has 208 valence electrons. The molecule has 4 aromatic carbocycles. The van der Waals surface area contributed by atoms with Crippen LogP contribution < -0.4 is 14.3 Å². The Hall–Kier alpha value is -4.22. The lowest BCUT2D eigenvalue weighted by Gasteiger charge is -2.26. The molecule has 1 amide bonds. The molecule has 8 nitrogen and oxygen atoms in total. The van der Waals surface area contributed by atoms with E-state index in [4.69, 9.17) is 0 Å². The summed E-state index contributed by atoms with van der Waals surface area (Å²) in [5.41, 5.74) is 3.25. The summed E-state index contributed by atoms with van der Waals surface area (Å²) in [7, 11) is -8.06. The summed E-state index contributed by atoms with van der Waals surface area (Å²) in [6.07, 6.45) is 0. The summed E-state index contributed by atoms with van der Waals surface area (Å²) in [5, 5.41) is 2.64. The number of benzene rings is 4. The maximum absolute atomic E-state index is 13.7. The highest BCUT2D eigenvalue weighted by Crippen LogP contribution is 2.28. The number of anilines is 3. The van der Waals surface area contributed by atoms with Crippen LogP contribution in [0.1, 0.15) is 16.7 Å². The van der Waals surface area contributed by atoms with E-state index in [-0.39, 0.29) is 21.2 Å². The van der Waals surface area contributed by atoms with E-state index in [0.717, 1.165) is 27.6 Å². The molecule has 0 aliphatic heterocycles. The molecule has 0 aliphatic carbocycles. The van der Waals surface area contributed by atoms with Crippen LogP contribution in [0.15, 0.2) is 101 Å². The van der Waals surface area contributed by atoms with Gasteiger partial charge in [0.25, 0.3) is 20.0 Å². The molecular formula is C29H28FN3O5S2. The third-order valence-electron chi connectivity index (χ3n) is 6.07. The Morgan fingerprint density at radius 1 is 0.725 bits per heavy atom. The van der Waals surface area contributed by atoms with Crippen molar-refractivity contribution >= 4 is 43.0 Å². The molecule has 2 N–H and O–H groups in total. The summed E-state index contributed by atoms with van der Waals surface area (Å²) in [5.74, 6) is -1.11. The van der Waals surface area contributed by atoms with Gasteiger partial charge in [0.15, 0.2) is 0 Å². The zero-order valence-corrected chi connectivity index (χ0v) is 23.7. The van der Waals surface area contributed by atoms with Gasteiger partial charge in [0.1, 0.15) is 12.4 Å². The fraction of sp³-hybridized carbons (Fsp3) is 0.138. The molecule has 40 heavy (non-hydrogen) atoms. The molecule has 0 unspecified atom stereocenters. The van der Waals surface area contributed by atoms with Gasteiger partial charge in [-0.05, 0) is 98.6 Å². The van der Waals surface area contributed by atoms with Crippen LogP contribution in [0.25, 0.3) is 0 Å². The first-order chi connectivity index (χ1) is 18.8. The molecule has 0 aliphatic rings. The molecule has 11 heteroatoms. The van der Waals surface area contributed by atoms with Crippen LogP contribution in [-0.4, -0.2) is 29.3 Å². The Labute approximate surface area is 233 Å². The summed E-state index contributed by atoms with van der Waals surface area (Å²) < 4.78 is 69.3. The number of nitrogens with one attached hydrogen (secondary N) is 2. The number of halogens is 1. The van der Waals surface area contributed by atoms with Crippen molar-refractivity contribution in [2.24, 2.45) is 0 Å². The lowest BCUT2D eigenvalue weighted by molar-refractivity contribution is -0.114. The van der Waals surface area contributed by atoms with Crippen LogP contribution in [0, 0.1) is 26.6 Å². The molecule has 4 aromatic rings. The van der Waals surface area contributed by atoms with Crippen LogP contribution in [0.5, 0.6) is 0 Å². The van der Waals surface area contributed by atoms with Crippen molar-refractivity contribution in [1.29, 1.82) is 0 Å². The van der Waals surface area contributed by atoms with E-state index < -0.39 is 38.3 Å². The predicted octanol–water partition coefficient (Wildman–Crippen LogP) is 5.39. The fourth-order valence-corrected chi connectivity index (χ4v) is 6.44. The summed E-state index contributed by atoms with van der Waals surface area (Å²) >= 11 is 0. The van der Waals surface area contributed by atoms with Crippen molar-refractivity contribution < 1.29 is 26.0 Å². The molecule has 0 fully saturated rings. The highest BCUT2D eigenvalue weighted by atomic mass is 32.2. The molecule has 0 atom stereocenters. The summed E-state index contributed by atoms with van der Waals surface area (Å²) in [6, 6.07) is 22.0. The third-order valence-corrected chi connectivity index (χ3v) is 9.25. The SMILES string of the molecule is Cc1ccc(S(=O)(=O)N(CC(=O)Nc2ccc(S(=O)(=O)Nc3ccc(F)cc3)cc2)c2cc(C)ccc2C)cc1. The van der Waals surface area contributed by atoms with Gasteiger partial charge in [-0.1, -0.05) is 29.8 Å². The van der Waals surface area contributed by atoms with Crippen molar-refractivity contribution in [3.05, 3.63) is 114 Å². The average molecular weight is 582 g/mol. The maximum Gasteiger partial charge on any atom is 0.264 e. The first-order valence-corrected chi connectivity index (χ1v) is 15.1. The quantitative estimate of drug-likeness (QED) is 0.275. The van der Waals surface area contributed by atoms with Gasteiger partial charge in [-0.25, -0.2) is 21.2 Å². The Bertz CT molecular complexity index is 1740. The van der Waals surface area contributed by atoms with Gasteiger partial charge in [-0.2, -0.15) is 0 Å². The van der Waals surface area contributed by atoms with Crippen LogP contribution in [0.3, 0.4) is 0 Å². The lowest BCUT2D eigenvalue weighted by atomic mass is 10.1. The smallest absolute Gasteiger partial charge is 0.264 e. The van der Waals surface area contributed by atoms with Gasteiger partial charge in [0.05, 0.1) is 15.5 Å². The average Bonchev–Trinajstić information content (AvgIpc) is 2.90.